The lowest BCUT2D eigenvalue weighted by Crippen LogP contribution is -2.02. The van der Waals surface area contributed by atoms with Crippen molar-refractivity contribution in [3.8, 4) is 0 Å². The lowest BCUT2D eigenvalue weighted by atomic mass is 10.2. The first-order chi connectivity index (χ1) is 10.2. The molecule has 0 spiro atoms. The Labute approximate surface area is 121 Å². The average Bonchev–Trinajstić information content (AvgIpc) is 3.12. The minimum Gasteiger partial charge on any atom is -0.477 e. The van der Waals surface area contributed by atoms with Gasteiger partial charge in [-0.2, -0.15) is 5.10 Å². The van der Waals surface area contributed by atoms with Crippen molar-refractivity contribution < 1.29 is 9.90 Å². The van der Waals surface area contributed by atoms with E-state index in [0.717, 1.165) is 35.1 Å². The van der Waals surface area contributed by atoms with E-state index in [1.165, 1.54) is 0 Å². The average molecular weight is 281 g/mol. The molecule has 106 valence electrons. The van der Waals surface area contributed by atoms with E-state index in [9.17, 15) is 4.79 Å². The fraction of sp³-hybridized carbons (Fsp3) is 0.250. The molecule has 1 aromatic carbocycles. The third-order valence-corrected chi connectivity index (χ3v) is 3.93. The second-order valence-corrected chi connectivity index (χ2v) is 5.55. The molecule has 4 rings (SSSR count). The maximum atomic E-state index is 11.2. The minimum atomic E-state index is -0.931. The molecule has 1 saturated carbocycles. The topological polar surface area (TPSA) is 70.9 Å². The number of carbonyl (C=O) groups is 1. The van der Waals surface area contributed by atoms with Crippen LogP contribution in [0.25, 0.3) is 11.0 Å². The maximum absolute atomic E-state index is 11.2. The minimum absolute atomic E-state index is 0.228. The van der Waals surface area contributed by atoms with Gasteiger partial charge in [0.05, 0.1) is 23.3 Å². The maximum Gasteiger partial charge on any atom is 0.352 e. The summed E-state index contributed by atoms with van der Waals surface area (Å²) in [6.45, 7) is 0.654. The Bertz CT molecular complexity index is 813. The predicted octanol–water partition coefficient (Wildman–Crippen LogP) is 2.99. The van der Waals surface area contributed by atoms with Gasteiger partial charge in [0.1, 0.15) is 5.69 Å². The highest BCUT2D eigenvalue weighted by Gasteiger charge is 2.30. The third kappa shape index (κ3) is 2.11. The standard InChI is InChI=1S/C16H15N3O2/c20-16(21)12-8-13-15(17-12)14(11-6-7-11)18-19(13)9-10-4-2-1-3-5-10/h1-5,8,11,17H,6-7,9H2,(H,20,21). The zero-order chi connectivity index (χ0) is 14.4. The largest absolute Gasteiger partial charge is 0.477 e. The van der Waals surface area contributed by atoms with Crippen LogP contribution in [-0.2, 0) is 6.54 Å². The van der Waals surface area contributed by atoms with E-state index in [1.54, 1.807) is 6.07 Å². The zero-order valence-electron chi connectivity index (χ0n) is 11.4. The number of H-pyrrole nitrogens is 1. The van der Waals surface area contributed by atoms with E-state index in [1.807, 2.05) is 22.9 Å². The highest BCUT2D eigenvalue weighted by molar-refractivity contribution is 5.93. The number of carboxylic acid groups (broad SMARTS) is 1. The van der Waals surface area contributed by atoms with E-state index in [4.69, 9.17) is 10.2 Å². The van der Waals surface area contributed by atoms with Gasteiger partial charge in [-0.25, -0.2) is 4.79 Å². The van der Waals surface area contributed by atoms with Gasteiger partial charge in [-0.15, -0.1) is 0 Å². The summed E-state index contributed by atoms with van der Waals surface area (Å²) < 4.78 is 1.90. The Hall–Kier alpha value is -2.56. The molecule has 0 amide bonds. The van der Waals surface area contributed by atoms with Crippen molar-refractivity contribution in [2.45, 2.75) is 25.3 Å². The van der Waals surface area contributed by atoms with E-state index in [0.29, 0.717) is 12.5 Å². The quantitative estimate of drug-likeness (QED) is 0.772. The molecular formula is C16H15N3O2. The van der Waals surface area contributed by atoms with Crippen molar-refractivity contribution in [3.63, 3.8) is 0 Å². The molecule has 0 saturated heterocycles. The molecule has 0 aliphatic heterocycles. The van der Waals surface area contributed by atoms with Crippen LogP contribution >= 0.6 is 0 Å². The molecule has 2 heterocycles. The Morgan fingerprint density at radius 2 is 2.10 bits per heavy atom. The molecule has 21 heavy (non-hydrogen) atoms. The fourth-order valence-electron chi connectivity index (χ4n) is 2.71. The number of hydrogen-bond donors (Lipinski definition) is 2. The van der Waals surface area contributed by atoms with Crippen molar-refractivity contribution in [1.29, 1.82) is 0 Å². The van der Waals surface area contributed by atoms with Crippen LogP contribution in [-0.4, -0.2) is 25.8 Å². The number of aromatic nitrogens is 3. The molecule has 1 aliphatic rings. The number of nitrogens with one attached hydrogen (secondary N) is 1. The SMILES string of the molecule is O=C(O)c1cc2c([nH]1)c(C1CC1)nn2Cc1ccccc1. The summed E-state index contributed by atoms with van der Waals surface area (Å²) >= 11 is 0. The molecule has 0 atom stereocenters. The Balaban J connectivity index is 1.82. The van der Waals surface area contributed by atoms with Crippen molar-refractivity contribution >= 4 is 17.0 Å². The number of rotatable bonds is 4. The van der Waals surface area contributed by atoms with Crippen LogP contribution in [0.3, 0.4) is 0 Å². The summed E-state index contributed by atoms with van der Waals surface area (Å²) in [5, 5.41) is 13.9. The monoisotopic (exact) mass is 281 g/mol. The van der Waals surface area contributed by atoms with Gasteiger partial charge in [-0.05, 0) is 24.5 Å². The van der Waals surface area contributed by atoms with Crippen molar-refractivity contribution in [1.82, 2.24) is 14.8 Å². The molecule has 5 heteroatoms. The van der Waals surface area contributed by atoms with Crippen LogP contribution in [0.2, 0.25) is 0 Å². The highest BCUT2D eigenvalue weighted by Crippen LogP contribution is 2.42. The van der Waals surface area contributed by atoms with Gasteiger partial charge < -0.3 is 10.1 Å². The van der Waals surface area contributed by atoms with Crippen LogP contribution in [0.1, 0.15) is 40.5 Å². The Morgan fingerprint density at radius 3 is 2.76 bits per heavy atom. The zero-order valence-corrected chi connectivity index (χ0v) is 11.4. The molecule has 2 N–H and O–H groups in total. The molecule has 5 nitrogen and oxygen atoms in total. The van der Waals surface area contributed by atoms with Crippen molar-refractivity contribution in [2.24, 2.45) is 0 Å². The van der Waals surface area contributed by atoms with Gasteiger partial charge in [-0.1, -0.05) is 30.3 Å². The van der Waals surface area contributed by atoms with E-state index >= 15 is 0 Å². The van der Waals surface area contributed by atoms with E-state index < -0.39 is 5.97 Å². The van der Waals surface area contributed by atoms with Gasteiger partial charge in [0.25, 0.3) is 0 Å². The van der Waals surface area contributed by atoms with Crippen LogP contribution in [0.5, 0.6) is 0 Å². The summed E-state index contributed by atoms with van der Waals surface area (Å²) in [5.74, 6) is -0.455. The summed E-state index contributed by atoms with van der Waals surface area (Å²) in [6, 6.07) is 11.8. The molecule has 3 aromatic rings. The van der Waals surface area contributed by atoms with Gasteiger partial charge in [0.15, 0.2) is 0 Å². The molecule has 0 bridgehead atoms. The van der Waals surface area contributed by atoms with Gasteiger partial charge in [-0.3, -0.25) is 4.68 Å². The van der Waals surface area contributed by atoms with Crippen LogP contribution < -0.4 is 0 Å². The number of hydrogen-bond acceptors (Lipinski definition) is 2. The lowest BCUT2D eigenvalue weighted by molar-refractivity contribution is 0.0691. The number of fused-ring (bicyclic) bond motifs is 1. The normalized spacial score (nSPS) is 14.7. The highest BCUT2D eigenvalue weighted by atomic mass is 16.4. The molecule has 0 radical (unpaired) electrons. The number of aromatic amines is 1. The van der Waals surface area contributed by atoms with Crippen molar-refractivity contribution in [3.05, 3.63) is 53.3 Å². The number of carboxylic acids is 1. The molecule has 1 fully saturated rings. The van der Waals surface area contributed by atoms with Crippen LogP contribution in [0.15, 0.2) is 36.4 Å². The number of nitrogens with zero attached hydrogens (tertiary/aromatic N) is 2. The van der Waals surface area contributed by atoms with Crippen molar-refractivity contribution in [2.75, 3.05) is 0 Å². The smallest absolute Gasteiger partial charge is 0.352 e. The van der Waals surface area contributed by atoms with E-state index in [2.05, 4.69) is 17.1 Å². The Morgan fingerprint density at radius 1 is 1.33 bits per heavy atom. The predicted molar refractivity (Wildman–Crippen MR) is 78.6 cm³/mol. The first-order valence-corrected chi connectivity index (χ1v) is 7.09. The number of benzene rings is 1. The Kier molecular flexibility index (Phi) is 2.60. The summed E-state index contributed by atoms with van der Waals surface area (Å²) in [5.41, 5.74) is 4.14. The summed E-state index contributed by atoms with van der Waals surface area (Å²) in [4.78, 5) is 14.2. The molecular weight excluding hydrogens is 266 g/mol. The molecule has 0 unspecified atom stereocenters. The molecule has 2 aromatic heterocycles. The van der Waals surface area contributed by atoms with Gasteiger partial charge >= 0.3 is 5.97 Å². The third-order valence-electron chi connectivity index (χ3n) is 3.93. The first kappa shape index (κ1) is 12.2. The summed E-state index contributed by atoms with van der Waals surface area (Å²) in [7, 11) is 0. The second-order valence-electron chi connectivity index (χ2n) is 5.55. The fourth-order valence-corrected chi connectivity index (χ4v) is 2.71. The summed E-state index contributed by atoms with van der Waals surface area (Å²) in [6.07, 6.45) is 2.28. The first-order valence-electron chi connectivity index (χ1n) is 7.09. The van der Waals surface area contributed by atoms with Gasteiger partial charge in [0.2, 0.25) is 0 Å². The van der Waals surface area contributed by atoms with Gasteiger partial charge in [0, 0.05) is 5.92 Å². The second kappa shape index (κ2) is 4.48. The lowest BCUT2D eigenvalue weighted by Gasteiger charge is -2.02. The van der Waals surface area contributed by atoms with Crippen LogP contribution in [0, 0.1) is 0 Å². The van der Waals surface area contributed by atoms with E-state index in [-0.39, 0.29) is 5.69 Å². The number of aromatic carboxylic acids is 1. The molecule has 1 aliphatic carbocycles. The van der Waals surface area contributed by atoms with Crippen LogP contribution in [0.4, 0.5) is 0 Å².